The van der Waals surface area contributed by atoms with Crippen LogP contribution in [0.3, 0.4) is 0 Å². The Bertz CT molecular complexity index is 982. The molecule has 0 aliphatic heterocycles. The molecule has 0 heterocycles. The molecule has 0 bridgehead atoms. The van der Waals surface area contributed by atoms with Gasteiger partial charge in [-0.1, -0.05) is 17.7 Å². The molecule has 0 radical (unpaired) electrons. The highest BCUT2D eigenvalue weighted by molar-refractivity contribution is 6.32. The number of benzene rings is 2. The SMILES string of the molecule is COc1ccc(CCNC(=O)/C(C#N)=C/c2cc(Cl)c(OC)c(OC)c2)cc1OC. The highest BCUT2D eigenvalue weighted by atomic mass is 35.5. The molecule has 1 N–H and O–H groups in total. The molecule has 0 unspecified atom stereocenters. The van der Waals surface area contributed by atoms with Crippen LogP contribution in [0, 0.1) is 11.3 Å². The van der Waals surface area contributed by atoms with Crippen molar-refractivity contribution in [2.45, 2.75) is 6.42 Å². The quantitative estimate of drug-likeness (QED) is 0.482. The molecule has 8 heteroatoms. The number of hydrogen-bond acceptors (Lipinski definition) is 6. The molecule has 0 aliphatic rings. The van der Waals surface area contributed by atoms with Crippen molar-refractivity contribution in [2.75, 3.05) is 35.0 Å². The summed E-state index contributed by atoms with van der Waals surface area (Å²) in [4.78, 5) is 12.4. The molecule has 0 aromatic heterocycles. The second-order valence-electron chi connectivity index (χ2n) is 6.10. The average Bonchev–Trinajstić information content (AvgIpc) is 2.76. The summed E-state index contributed by atoms with van der Waals surface area (Å²) in [5.74, 6) is 1.55. The fraction of sp³-hybridized carbons (Fsp3) is 0.273. The number of amides is 1. The summed E-state index contributed by atoms with van der Waals surface area (Å²) in [6.07, 6.45) is 2.01. The van der Waals surface area contributed by atoms with Crippen LogP contribution in [-0.2, 0) is 11.2 Å². The van der Waals surface area contributed by atoms with Gasteiger partial charge in [0.2, 0.25) is 0 Å². The maximum atomic E-state index is 12.4. The zero-order chi connectivity index (χ0) is 22.1. The van der Waals surface area contributed by atoms with Crippen LogP contribution in [0.4, 0.5) is 0 Å². The molecular weight excluding hydrogens is 408 g/mol. The maximum Gasteiger partial charge on any atom is 0.261 e. The Hall–Kier alpha value is -3.37. The second kappa shape index (κ2) is 11.0. The first-order valence-electron chi connectivity index (χ1n) is 8.99. The van der Waals surface area contributed by atoms with Crippen molar-refractivity contribution in [3.8, 4) is 29.1 Å². The van der Waals surface area contributed by atoms with Crippen LogP contribution in [0.25, 0.3) is 6.08 Å². The lowest BCUT2D eigenvalue weighted by Crippen LogP contribution is -2.26. The van der Waals surface area contributed by atoms with E-state index in [1.165, 1.54) is 20.3 Å². The summed E-state index contributed by atoms with van der Waals surface area (Å²) in [5, 5.41) is 12.5. The third-order valence-electron chi connectivity index (χ3n) is 4.28. The van der Waals surface area contributed by atoms with Crippen LogP contribution in [0.1, 0.15) is 11.1 Å². The largest absolute Gasteiger partial charge is 0.493 e. The second-order valence-corrected chi connectivity index (χ2v) is 6.51. The number of nitrogens with zero attached hydrogens (tertiary/aromatic N) is 1. The van der Waals surface area contributed by atoms with Gasteiger partial charge in [-0.15, -0.1) is 0 Å². The topological polar surface area (TPSA) is 89.8 Å². The van der Waals surface area contributed by atoms with E-state index in [-0.39, 0.29) is 5.57 Å². The summed E-state index contributed by atoms with van der Waals surface area (Å²) in [7, 11) is 6.09. The first-order chi connectivity index (χ1) is 14.5. The fourth-order valence-corrected chi connectivity index (χ4v) is 3.08. The summed E-state index contributed by atoms with van der Waals surface area (Å²) >= 11 is 6.18. The van der Waals surface area contributed by atoms with Crippen molar-refractivity contribution < 1.29 is 23.7 Å². The number of nitrogens with one attached hydrogen (secondary N) is 1. The highest BCUT2D eigenvalue weighted by Crippen LogP contribution is 2.36. The molecule has 0 atom stereocenters. The van der Waals surface area contributed by atoms with Gasteiger partial charge < -0.3 is 24.3 Å². The van der Waals surface area contributed by atoms with Crippen molar-refractivity contribution in [3.05, 3.63) is 52.1 Å². The number of halogens is 1. The number of nitriles is 1. The van der Waals surface area contributed by atoms with E-state index in [0.717, 1.165) is 5.56 Å². The van der Waals surface area contributed by atoms with Crippen LogP contribution in [0.2, 0.25) is 5.02 Å². The van der Waals surface area contributed by atoms with Gasteiger partial charge in [0.1, 0.15) is 11.6 Å². The van der Waals surface area contributed by atoms with Crippen LogP contribution < -0.4 is 24.3 Å². The summed E-state index contributed by atoms with van der Waals surface area (Å²) in [6, 6.07) is 10.7. The Labute approximate surface area is 180 Å². The molecule has 0 spiro atoms. The number of rotatable bonds is 9. The van der Waals surface area contributed by atoms with E-state index in [1.807, 2.05) is 18.2 Å². The van der Waals surface area contributed by atoms with Crippen LogP contribution in [-0.4, -0.2) is 40.9 Å². The van der Waals surface area contributed by atoms with Crippen LogP contribution in [0.5, 0.6) is 23.0 Å². The lowest BCUT2D eigenvalue weighted by Gasteiger charge is -2.11. The fourth-order valence-electron chi connectivity index (χ4n) is 2.79. The molecule has 2 aromatic rings. The molecule has 30 heavy (non-hydrogen) atoms. The van der Waals surface area contributed by atoms with Crippen molar-refractivity contribution in [1.82, 2.24) is 5.32 Å². The van der Waals surface area contributed by atoms with E-state index in [4.69, 9.17) is 30.5 Å². The van der Waals surface area contributed by atoms with Gasteiger partial charge in [-0.2, -0.15) is 5.26 Å². The third-order valence-corrected chi connectivity index (χ3v) is 4.56. The molecule has 2 aromatic carbocycles. The third kappa shape index (κ3) is 5.58. The summed E-state index contributed by atoms with van der Waals surface area (Å²) in [5.41, 5.74) is 1.46. The minimum Gasteiger partial charge on any atom is -0.493 e. The summed E-state index contributed by atoms with van der Waals surface area (Å²) < 4.78 is 20.9. The van der Waals surface area contributed by atoms with E-state index in [1.54, 1.807) is 32.4 Å². The van der Waals surface area contributed by atoms with E-state index >= 15 is 0 Å². The first kappa shape index (κ1) is 22.9. The molecule has 0 fully saturated rings. The van der Waals surface area contributed by atoms with Crippen molar-refractivity contribution in [1.29, 1.82) is 5.26 Å². The monoisotopic (exact) mass is 430 g/mol. The maximum absolute atomic E-state index is 12.4. The lowest BCUT2D eigenvalue weighted by molar-refractivity contribution is -0.117. The number of ether oxygens (including phenoxy) is 4. The number of methoxy groups -OCH3 is 4. The van der Waals surface area contributed by atoms with Crippen molar-refractivity contribution in [3.63, 3.8) is 0 Å². The van der Waals surface area contributed by atoms with Crippen molar-refractivity contribution >= 4 is 23.6 Å². The Morgan fingerprint density at radius 3 is 2.33 bits per heavy atom. The molecule has 2 rings (SSSR count). The van der Waals surface area contributed by atoms with Crippen molar-refractivity contribution in [2.24, 2.45) is 0 Å². The minimum absolute atomic E-state index is 0.0504. The average molecular weight is 431 g/mol. The zero-order valence-electron chi connectivity index (χ0n) is 17.2. The molecule has 0 aliphatic carbocycles. The molecule has 1 amide bonds. The molecular formula is C22H23ClN2O5. The number of carbonyl (C=O) groups excluding carboxylic acids is 1. The first-order valence-corrected chi connectivity index (χ1v) is 9.37. The van der Waals surface area contributed by atoms with E-state index in [9.17, 15) is 10.1 Å². The molecule has 0 saturated heterocycles. The van der Waals surface area contributed by atoms with Gasteiger partial charge in [-0.25, -0.2) is 0 Å². The minimum atomic E-state index is -0.483. The van der Waals surface area contributed by atoms with Gasteiger partial charge in [0.15, 0.2) is 23.0 Å². The van der Waals surface area contributed by atoms with Crippen LogP contribution >= 0.6 is 11.6 Å². The predicted molar refractivity (Wildman–Crippen MR) is 114 cm³/mol. The Kier molecular flexibility index (Phi) is 8.39. The predicted octanol–water partition coefficient (Wildman–Crippen LogP) is 3.64. The van der Waals surface area contributed by atoms with E-state index in [2.05, 4.69) is 5.32 Å². The Balaban J connectivity index is 2.08. The summed E-state index contributed by atoms with van der Waals surface area (Å²) in [6.45, 7) is 0.347. The normalized spacial score (nSPS) is 10.7. The van der Waals surface area contributed by atoms with Gasteiger partial charge in [-0.05, 0) is 47.9 Å². The Morgan fingerprint density at radius 2 is 1.73 bits per heavy atom. The highest BCUT2D eigenvalue weighted by Gasteiger charge is 2.13. The zero-order valence-corrected chi connectivity index (χ0v) is 18.0. The number of hydrogen-bond donors (Lipinski definition) is 1. The lowest BCUT2D eigenvalue weighted by atomic mass is 10.1. The van der Waals surface area contributed by atoms with Gasteiger partial charge in [-0.3, -0.25) is 4.79 Å². The van der Waals surface area contributed by atoms with Gasteiger partial charge in [0, 0.05) is 6.54 Å². The standard InChI is InChI=1S/C22H23ClN2O5/c1-27-18-6-5-14(11-19(18)28-2)7-8-25-22(26)16(13-24)9-15-10-17(23)21(30-4)20(12-15)29-3/h5-6,9-12H,7-8H2,1-4H3,(H,25,26)/b16-9+. The molecule has 158 valence electrons. The van der Waals surface area contributed by atoms with E-state index < -0.39 is 5.91 Å². The molecule has 7 nitrogen and oxygen atoms in total. The van der Waals surface area contributed by atoms with E-state index in [0.29, 0.717) is 46.5 Å². The van der Waals surface area contributed by atoms with Crippen LogP contribution in [0.15, 0.2) is 35.9 Å². The van der Waals surface area contributed by atoms with Gasteiger partial charge >= 0.3 is 0 Å². The smallest absolute Gasteiger partial charge is 0.261 e. The van der Waals surface area contributed by atoms with Gasteiger partial charge in [0.05, 0.1) is 33.5 Å². The molecule has 0 saturated carbocycles. The Morgan fingerprint density at radius 1 is 1.03 bits per heavy atom. The van der Waals surface area contributed by atoms with Gasteiger partial charge in [0.25, 0.3) is 5.91 Å². The number of carbonyl (C=O) groups is 1.